The van der Waals surface area contributed by atoms with Gasteiger partial charge in [-0.15, -0.1) is 0 Å². The topological polar surface area (TPSA) is 64.3 Å². The molecule has 2 rings (SSSR count). The third kappa shape index (κ3) is 3.29. The van der Waals surface area contributed by atoms with Crippen LogP contribution in [0.2, 0.25) is 0 Å². The molecular formula is C13H15F3N2O2. The highest BCUT2D eigenvalue weighted by atomic mass is 19.4. The molecule has 4 nitrogen and oxygen atoms in total. The molecule has 1 saturated heterocycles. The fourth-order valence-corrected chi connectivity index (χ4v) is 2.11. The van der Waals surface area contributed by atoms with E-state index in [1.165, 1.54) is 18.2 Å². The van der Waals surface area contributed by atoms with Gasteiger partial charge in [0.05, 0.1) is 24.7 Å². The van der Waals surface area contributed by atoms with Crippen molar-refractivity contribution in [1.82, 2.24) is 5.32 Å². The second-order valence-corrected chi connectivity index (χ2v) is 4.68. The standard InChI is InChI=1S/C13H15F3N2O2/c14-13(15,16)10-4-2-1-3-8(10)5-18-12(19)9-6-20-7-11(9)17/h1-4,9,11H,5-7,17H2,(H,18,19). The molecule has 0 saturated carbocycles. The monoisotopic (exact) mass is 288 g/mol. The summed E-state index contributed by atoms with van der Waals surface area (Å²) in [7, 11) is 0. The second kappa shape index (κ2) is 5.80. The number of carbonyl (C=O) groups excluding carboxylic acids is 1. The Kier molecular flexibility index (Phi) is 4.29. The molecular weight excluding hydrogens is 273 g/mol. The molecule has 1 amide bonds. The number of hydrogen-bond donors (Lipinski definition) is 2. The molecule has 1 aliphatic rings. The molecule has 0 bridgehead atoms. The van der Waals surface area contributed by atoms with E-state index in [9.17, 15) is 18.0 Å². The second-order valence-electron chi connectivity index (χ2n) is 4.68. The molecule has 1 fully saturated rings. The Morgan fingerprint density at radius 1 is 1.35 bits per heavy atom. The lowest BCUT2D eigenvalue weighted by Crippen LogP contribution is -2.40. The van der Waals surface area contributed by atoms with E-state index >= 15 is 0 Å². The Morgan fingerprint density at radius 2 is 2.05 bits per heavy atom. The Morgan fingerprint density at radius 3 is 2.65 bits per heavy atom. The number of nitrogens with one attached hydrogen (secondary N) is 1. The summed E-state index contributed by atoms with van der Waals surface area (Å²) >= 11 is 0. The van der Waals surface area contributed by atoms with E-state index in [-0.39, 0.29) is 31.2 Å². The third-order valence-corrected chi connectivity index (χ3v) is 3.24. The average Bonchev–Trinajstić information content (AvgIpc) is 2.81. The fraction of sp³-hybridized carbons (Fsp3) is 0.462. The van der Waals surface area contributed by atoms with Crippen LogP contribution >= 0.6 is 0 Å². The predicted molar refractivity (Wildman–Crippen MR) is 65.6 cm³/mol. The Balaban J connectivity index is 2.03. The highest BCUT2D eigenvalue weighted by Gasteiger charge is 2.34. The van der Waals surface area contributed by atoms with Crippen molar-refractivity contribution in [3.63, 3.8) is 0 Å². The first-order valence-electron chi connectivity index (χ1n) is 6.15. The van der Waals surface area contributed by atoms with Gasteiger partial charge < -0.3 is 15.8 Å². The zero-order valence-corrected chi connectivity index (χ0v) is 10.6. The lowest BCUT2D eigenvalue weighted by Gasteiger charge is -2.16. The van der Waals surface area contributed by atoms with Gasteiger partial charge in [0.15, 0.2) is 0 Å². The van der Waals surface area contributed by atoms with Gasteiger partial charge in [-0.2, -0.15) is 13.2 Å². The Labute approximate surface area is 114 Å². The van der Waals surface area contributed by atoms with Gasteiger partial charge in [-0.1, -0.05) is 18.2 Å². The predicted octanol–water partition coefficient (Wildman–Crippen LogP) is 1.30. The van der Waals surface area contributed by atoms with E-state index in [1.807, 2.05) is 0 Å². The SMILES string of the molecule is NC1COCC1C(=O)NCc1ccccc1C(F)(F)F. The number of ether oxygens (including phenoxy) is 1. The third-order valence-electron chi connectivity index (χ3n) is 3.24. The maximum Gasteiger partial charge on any atom is 0.416 e. The first kappa shape index (κ1) is 14.8. The van der Waals surface area contributed by atoms with E-state index in [2.05, 4.69) is 5.32 Å². The van der Waals surface area contributed by atoms with Crippen molar-refractivity contribution in [3.05, 3.63) is 35.4 Å². The number of alkyl halides is 3. The van der Waals surface area contributed by atoms with Gasteiger partial charge in [0.2, 0.25) is 5.91 Å². The number of hydrogen-bond acceptors (Lipinski definition) is 3. The van der Waals surface area contributed by atoms with Crippen LogP contribution in [0.3, 0.4) is 0 Å². The van der Waals surface area contributed by atoms with Crippen LogP contribution in [0.25, 0.3) is 0 Å². The molecule has 0 radical (unpaired) electrons. The van der Waals surface area contributed by atoms with Crippen LogP contribution in [0.4, 0.5) is 13.2 Å². The first-order valence-corrected chi connectivity index (χ1v) is 6.15. The lowest BCUT2D eigenvalue weighted by molar-refractivity contribution is -0.138. The van der Waals surface area contributed by atoms with Crippen molar-refractivity contribution in [3.8, 4) is 0 Å². The molecule has 1 aliphatic heterocycles. The van der Waals surface area contributed by atoms with E-state index in [0.717, 1.165) is 6.07 Å². The molecule has 0 aliphatic carbocycles. The molecule has 7 heteroatoms. The highest BCUT2D eigenvalue weighted by molar-refractivity contribution is 5.79. The molecule has 0 spiro atoms. The molecule has 20 heavy (non-hydrogen) atoms. The smallest absolute Gasteiger partial charge is 0.379 e. The van der Waals surface area contributed by atoms with E-state index in [4.69, 9.17) is 10.5 Å². The summed E-state index contributed by atoms with van der Waals surface area (Å²) in [6.07, 6.45) is -4.44. The quantitative estimate of drug-likeness (QED) is 0.881. The minimum absolute atomic E-state index is 0.0286. The summed E-state index contributed by atoms with van der Waals surface area (Å²) in [5, 5.41) is 2.48. The first-order chi connectivity index (χ1) is 9.39. The Hall–Kier alpha value is -1.60. The molecule has 1 aromatic carbocycles. The van der Waals surface area contributed by atoms with Crippen molar-refractivity contribution in [2.75, 3.05) is 13.2 Å². The number of carbonyl (C=O) groups is 1. The van der Waals surface area contributed by atoms with Crippen molar-refractivity contribution in [2.45, 2.75) is 18.8 Å². The molecule has 1 heterocycles. The molecule has 110 valence electrons. The fourth-order valence-electron chi connectivity index (χ4n) is 2.11. The van der Waals surface area contributed by atoms with Crippen LogP contribution < -0.4 is 11.1 Å². The van der Waals surface area contributed by atoms with Gasteiger partial charge in [-0.05, 0) is 11.6 Å². The van der Waals surface area contributed by atoms with Gasteiger partial charge in [-0.3, -0.25) is 4.79 Å². The number of amides is 1. The van der Waals surface area contributed by atoms with Crippen molar-refractivity contribution >= 4 is 5.91 Å². The summed E-state index contributed by atoms with van der Waals surface area (Å²) < 4.78 is 43.4. The molecule has 3 N–H and O–H groups in total. The summed E-state index contributed by atoms with van der Waals surface area (Å²) in [6.45, 7) is 0.308. The molecule has 2 unspecified atom stereocenters. The minimum atomic E-state index is -4.44. The van der Waals surface area contributed by atoms with Gasteiger partial charge in [0, 0.05) is 12.6 Å². The normalized spacial score (nSPS) is 22.8. The highest BCUT2D eigenvalue weighted by Crippen LogP contribution is 2.31. The van der Waals surface area contributed by atoms with Crippen LogP contribution in [-0.4, -0.2) is 25.2 Å². The van der Waals surface area contributed by atoms with Crippen LogP contribution in [0.1, 0.15) is 11.1 Å². The average molecular weight is 288 g/mol. The molecule has 1 aromatic rings. The zero-order valence-electron chi connectivity index (χ0n) is 10.6. The maximum atomic E-state index is 12.8. The Bertz CT molecular complexity index is 491. The minimum Gasteiger partial charge on any atom is -0.379 e. The number of rotatable bonds is 3. The molecule has 2 atom stereocenters. The van der Waals surface area contributed by atoms with E-state index in [0.29, 0.717) is 0 Å². The van der Waals surface area contributed by atoms with Crippen LogP contribution in [0.5, 0.6) is 0 Å². The lowest BCUT2D eigenvalue weighted by atomic mass is 10.0. The van der Waals surface area contributed by atoms with E-state index in [1.54, 1.807) is 0 Å². The summed E-state index contributed by atoms with van der Waals surface area (Å²) in [4.78, 5) is 11.8. The largest absolute Gasteiger partial charge is 0.416 e. The maximum absolute atomic E-state index is 12.8. The van der Waals surface area contributed by atoms with Gasteiger partial charge in [-0.25, -0.2) is 0 Å². The summed E-state index contributed by atoms with van der Waals surface area (Å²) in [6, 6.07) is 4.74. The van der Waals surface area contributed by atoms with Crippen molar-refractivity contribution in [1.29, 1.82) is 0 Å². The number of halogens is 3. The number of benzene rings is 1. The molecule has 0 aromatic heterocycles. The van der Waals surface area contributed by atoms with Crippen LogP contribution in [0, 0.1) is 5.92 Å². The van der Waals surface area contributed by atoms with Crippen molar-refractivity contribution in [2.24, 2.45) is 11.7 Å². The summed E-state index contributed by atoms with van der Waals surface area (Å²) in [5.74, 6) is -0.889. The van der Waals surface area contributed by atoms with Gasteiger partial charge in [0.25, 0.3) is 0 Å². The zero-order chi connectivity index (χ0) is 14.8. The van der Waals surface area contributed by atoms with Crippen LogP contribution in [0.15, 0.2) is 24.3 Å². The van der Waals surface area contributed by atoms with E-state index < -0.39 is 23.7 Å². The summed E-state index contributed by atoms with van der Waals surface area (Å²) in [5.41, 5.74) is 4.97. The number of nitrogens with two attached hydrogens (primary N) is 1. The van der Waals surface area contributed by atoms with Gasteiger partial charge in [0.1, 0.15) is 0 Å². The van der Waals surface area contributed by atoms with Gasteiger partial charge >= 0.3 is 6.18 Å². The van der Waals surface area contributed by atoms with Crippen molar-refractivity contribution < 1.29 is 22.7 Å². The van der Waals surface area contributed by atoms with Crippen LogP contribution in [-0.2, 0) is 22.3 Å².